The lowest BCUT2D eigenvalue weighted by atomic mass is 9.98. The Morgan fingerprint density at radius 2 is 1.87 bits per heavy atom. The Labute approximate surface area is 174 Å². The fourth-order valence-electron chi connectivity index (χ4n) is 4.13. The van der Waals surface area contributed by atoms with Gasteiger partial charge in [-0.15, -0.1) is 0 Å². The van der Waals surface area contributed by atoms with Gasteiger partial charge in [0.1, 0.15) is 11.4 Å². The Hall–Kier alpha value is -2.52. The minimum absolute atomic E-state index is 0.0140. The van der Waals surface area contributed by atoms with E-state index in [1.807, 2.05) is 18.2 Å². The molecule has 1 aromatic carbocycles. The van der Waals surface area contributed by atoms with Crippen molar-refractivity contribution in [3.63, 3.8) is 0 Å². The van der Waals surface area contributed by atoms with Gasteiger partial charge in [-0.1, -0.05) is 17.3 Å². The van der Waals surface area contributed by atoms with Gasteiger partial charge in [-0.05, 0) is 43.7 Å². The first kappa shape index (κ1) is 19.4. The summed E-state index contributed by atoms with van der Waals surface area (Å²) < 4.78 is 34.2. The summed E-state index contributed by atoms with van der Waals surface area (Å²) in [6, 6.07) is 8.92. The zero-order chi connectivity index (χ0) is 20.7. The van der Waals surface area contributed by atoms with Crippen LogP contribution in [0.4, 0.5) is 0 Å². The first-order valence-corrected chi connectivity index (χ1v) is 12.0. The molecule has 2 aliphatic rings. The molecular weight excluding hydrogens is 404 g/mol. The second kappa shape index (κ2) is 7.63. The number of piperidine rings is 1. The van der Waals surface area contributed by atoms with Gasteiger partial charge in [-0.3, -0.25) is 9.36 Å². The van der Waals surface area contributed by atoms with Crippen LogP contribution in [-0.2, 0) is 22.3 Å². The summed E-state index contributed by atoms with van der Waals surface area (Å²) in [5.41, 5.74) is 1.92. The van der Waals surface area contributed by atoms with Crippen molar-refractivity contribution in [2.45, 2.75) is 43.9 Å². The Morgan fingerprint density at radius 1 is 1.10 bits per heavy atom. The van der Waals surface area contributed by atoms with Crippen LogP contribution < -0.4 is 5.56 Å². The second-order valence-corrected chi connectivity index (χ2v) is 10.3. The third-order valence-electron chi connectivity index (χ3n) is 6.09. The third-order valence-corrected chi connectivity index (χ3v) is 7.88. The highest BCUT2D eigenvalue weighted by molar-refractivity contribution is 7.88. The molecule has 0 bridgehead atoms. The predicted octanol–water partition coefficient (Wildman–Crippen LogP) is 2.50. The monoisotopic (exact) mass is 428 g/mol. The highest BCUT2D eigenvalue weighted by Gasteiger charge is 2.30. The lowest BCUT2D eigenvalue weighted by molar-refractivity contribution is 0.250. The van der Waals surface area contributed by atoms with Gasteiger partial charge in [0.05, 0.1) is 12.0 Å². The van der Waals surface area contributed by atoms with E-state index in [9.17, 15) is 13.2 Å². The zero-order valence-electron chi connectivity index (χ0n) is 16.6. The predicted molar refractivity (Wildman–Crippen MR) is 111 cm³/mol. The van der Waals surface area contributed by atoms with Crippen molar-refractivity contribution in [2.75, 3.05) is 13.1 Å². The first-order valence-electron chi connectivity index (χ1n) is 10.4. The van der Waals surface area contributed by atoms with Gasteiger partial charge in [0, 0.05) is 37.0 Å². The molecule has 0 atom stereocenters. The van der Waals surface area contributed by atoms with E-state index in [-0.39, 0.29) is 17.2 Å². The Morgan fingerprint density at radius 3 is 2.60 bits per heavy atom. The summed E-state index contributed by atoms with van der Waals surface area (Å²) in [7, 11) is -3.48. The molecule has 30 heavy (non-hydrogen) atoms. The molecule has 0 spiro atoms. The summed E-state index contributed by atoms with van der Waals surface area (Å²) in [5, 5.41) is 4.69. The van der Waals surface area contributed by atoms with Gasteiger partial charge in [-0.25, -0.2) is 17.7 Å². The van der Waals surface area contributed by atoms with Crippen LogP contribution in [0.25, 0.3) is 11.0 Å². The lowest BCUT2D eigenvalue weighted by Gasteiger charge is -2.31. The molecule has 1 saturated carbocycles. The smallest absolute Gasteiger partial charge is 0.253 e. The molecule has 0 N–H and O–H groups in total. The van der Waals surface area contributed by atoms with Crippen LogP contribution in [-0.4, -0.2) is 40.5 Å². The molecule has 2 aromatic heterocycles. The fraction of sp³-hybridized carbons (Fsp3) is 0.476. The van der Waals surface area contributed by atoms with Gasteiger partial charge in [-0.2, -0.15) is 0 Å². The van der Waals surface area contributed by atoms with E-state index in [4.69, 9.17) is 4.52 Å². The summed E-state index contributed by atoms with van der Waals surface area (Å²) in [6.45, 7) is 1.48. The van der Waals surface area contributed by atoms with Gasteiger partial charge >= 0.3 is 0 Å². The van der Waals surface area contributed by atoms with Crippen molar-refractivity contribution in [1.29, 1.82) is 0 Å². The quantitative estimate of drug-likeness (QED) is 0.598. The molecule has 9 heteroatoms. The van der Waals surface area contributed by atoms with E-state index in [2.05, 4.69) is 10.1 Å². The fourth-order valence-corrected chi connectivity index (χ4v) is 5.64. The van der Waals surface area contributed by atoms with Crippen LogP contribution in [0, 0.1) is 5.92 Å². The summed E-state index contributed by atoms with van der Waals surface area (Å²) in [5.74, 6) is 0.555. The molecule has 0 unspecified atom stereocenters. The van der Waals surface area contributed by atoms with Crippen LogP contribution >= 0.6 is 0 Å². The molecule has 5 rings (SSSR count). The van der Waals surface area contributed by atoms with Crippen LogP contribution in [0.2, 0.25) is 0 Å². The topological polar surface area (TPSA) is 98.3 Å². The number of nitrogens with zero attached hydrogens (tertiary/aromatic N) is 4. The van der Waals surface area contributed by atoms with Crippen LogP contribution in [0.5, 0.6) is 0 Å². The van der Waals surface area contributed by atoms with Crippen molar-refractivity contribution >= 4 is 21.0 Å². The normalized spacial score (nSPS) is 18.8. The maximum Gasteiger partial charge on any atom is 0.253 e. The SMILES string of the molecule is O=c1cc(C2CC2)ncn1CC1CCN(S(=O)(=O)Cc2noc3ccccc23)CC1. The first-order chi connectivity index (χ1) is 14.5. The van der Waals surface area contributed by atoms with Crippen molar-refractivity contribution in [2.24, 2.45) is 5.92 Å². The molecule has 8 nitrogen and oxygen atoms in total. The molecule has 1 aliphatic heterocycles. The molecule has 1 aliphatic carbocycles. The number of aromatic nitrogens is 3. The van der Waals surface area contributed by atoms with E-state index < -0.39 is 10.0 Å². The molecule has 1 saturated heterocycles. The van der Waals surface area contributed by atoms with E-state index in [1.54, 1.807) is 23.0 Å². The maximum atomic E-state index is 12.9. The molecule has 158 valence electrons. The number of rotatable bonds is 6. The van der Waals surface area contributed by atoms with Gasteiger partial charge in [0.25, 0.3) is 5.56 Å². The minimum atomic E-state index is -3.48. The Balaban J connectivity index is 1.21. The average molecular weight is 429 g/mol. The highest BCUT2D eigenvalue weighted by Crippen LogP contribution is 2.38. The van der Waals surface area contributed by atoms with E-state index in [1.165, 1.54) is 4.31 Å². The number of fused-ring (bicyclic) bond motifs is 1. The summed E-state index contributed by atoms with van der Waals surface area (Å²) in [4.78, 5) is 16.8. The van der Waals surface area contributed by atoms with Crippen molar-refractivity contribution in [1.82, 2.24) is 19.0 Å². The lowest BCUT2D eigenvalue weighted by Crippen LogP contribution is -2.40. The largest absolute Gasteiger partial charge is 0.356 e. The summed E-state index contributed by atoms with van der Waals surface area (Å²) in [6.07, 6.45) is 5.32. The molecule has 0 radical (unpaired) electrons. The summed E-state index contributed by atoms with van der Waals surface area (Å²) >= 11 is 0. The number of hydrogen-bond acceptors (Lipinski definition) is 6. The number of sulfonamides is 1. The number of para-hydroxylation sites is 1. The maximum absolute atomic E-state index is 12.9. The standard InChI is InChI=1S/C21H24N4O4S/c26-21-11-18(16-5-6-16)22-14-24(21)12-15-7-9-25(10-8-15)30(27,28)13-19-17-3-1-2-4-20(17)29-23-19/h1-4,11,14-16H,5-10,12-13H2. The number of hydrogen-bond donors (Lipinski definition) is 0. The van der Waals surface area contributed by atoms with Crippen molar-refractivity contribution < 1.29 is 12.9 Å². The Kier molecular flexibility index (Phi) is 4.94. The van der Waals surface area contributed by atoms with Crippen LogP contribution in [0.1, 0.15) is 43.0 Å². The minimum Gasteiger partial charge on any atom is -0.356 e. The van der Waals surface area contributed by atoms with Gasteiger partial charge in [0.15, 0.2) is 5.58 Å². The molecule has 3 heterocycles. The van der Waals surface area contributed by atoms with Crippen LogP contribution in [0.3, 0.4) is 0 Å². The van der Waals surface area contributed by atoms with Gasteiger partial charge < -0.3 is 4.52 Å². The van der Waals surface area contributed by atoms with Gasteiger partial charge in [0.2, 0.25) is 10.0 Å². The molecular formula is C21H24N4O4S. The molecule has 0 amide bonds. The molecule has 2 fully saturated rings. The third kappa shape index (κ3) is 3.91. The number of benzene rings is 1. The highest BCUT2D eigenvalue weighted by atomic mass is 32.2. The van der Waals surface area contributed by atoms with Crippen molar-refractivity contribution in [3.8, 4) is 0 Å². The van der Waals surface area contributed by atoms with E-state index in [0.717, 1.165) is 36.8 Å². The zero-order valence-corrected chi connectivity index (χ0v) is 17.4. The average Bonchev–Trinajstić information content (AvgIpc) is 3.52. The van der Waals surface area contributed by atoms with Crippen molar-refractivity contribution in [3.05, 3.63) is 58.4 Å². The van der Waals surface area contributed by atoms with Crippen LogP contribution in [0.15, 0.2) is 46.0 Å². The second-order valence-electron chi connectivity index (χ2n) is 8.30. The molecule has 3 aromatic rings. The van der Waals surface area contributed by atoms with E-state index in [0.29, 0.717) is 36.8 Å². The van der Waals surface area contributed by atoms with E-state index >= 15 is 0 Å². The Bertz CT molecular complexity index is 1220.